The summed E-state index contributed by atoms with van der Waals surface area (Å²) in [6.45, 7) is 5.28. The van der Waals surface area contributed by atoms with E-state index in [4.69, 9.17) is 4.74 Å². The first-order valence-electron chi connectivity index (χ1n) is 4.48. The Morgan fingerprint density at radius 2 is 2.13 bits per heavy atom. The van der Waals surface area contributed by atoms with E-state index in [-0.39, 0.29) is 0 Å². The highest BCUT2D eigenvalue weighted by Crippen LogP contribution is 2.10. The minimum Gasteiger partial charge on any atom is -0.444 e. The normalized spacial score (nSPS) is 10.9. The number of carbonyl (C=O) groups excluding carboxylic acids is 1. The molecule has 0 atom stereocenters. The highest BCUT2D eigenvalue weighted by Gasteiger charge is 2.16. The lowest BCUT2D eigenvalue weighted by atomic mass is 10.2. The number of ether oxygens (including phenoxy) is 1. The predicted molar refractivity (Wildman–Crippen MR) is 54.1 cm³/mol. The van der Waals surface area contributed by atoms with Gasteiger partial charge in [0.1, 0.15) is 5.60 Å². The number of hydrogen-bond acceptors (Lipinski definition) is 3. The molecule has 0 aliphatic rings. The number of nitrogens with zero attached hydrogens (tertiary/aromatic N) is 1. The maximum atomic E-state index is 12.4. The third-order valence-corrected chi connectivity index (χ3v) is 1.37. The van der Waals surface area contributed by atoms with Crippen LogP contribution in [0.3, 0.4) is 0 Å². The molecule has 1 rings (SSSR count). The Kier molecular flexibility index (Phi) is 3.24. The van der Waals surface area contributed by atoms with Gasteiger partial charge in [0.15, 0.2) is 0 Å². The molecule has 1 N–H and O–H groups in total. The third-order valence-electron chi connectivity index (χ3n) is 1.37. The quantitative estimate of drug-likeness (QED) is 0.728. The van der Waals surface area contributed by atoms with Crippen molar-refractivity contribution in [1.29, 1.82) is 0 Å². The van der Waals surface area contributed by atoms with Crippen LogP contribution in [0.5, 0.6) is 0 Å². The van der Waals surface area contributed by atoms with Crippen molar-refractivity contribution in [3.05, 3.63) is 24.3 Å². The summed E-state index contributed by atoms with van der Waals surface area (Å²) in [7, 11) is 0. The Hall–Kier alpha value is -1.65. The second-order valence-electron chi connectivity index (χ2n) is 4.00. The maximum Gasteiger partial charge on any atom is 0.412 e. The predicted octanol–water partition coefficient (Wildman–Crippen LogP) is 2.57. The zero-order valence-corrected chi connectivity index (χ0v) is 8.87. The highest BCUT2D eigenvalue weighted by atomic mass is 19.1. The molecule has 1 heterocycles. The Morgan fingerprint density at radius 1 is 1.47 bits per heavy atom. The van der Waals surface area contributed by atoms with Crippen LogP contribution in [0.15, 0.2) is 18.3 Å². The molecule has 0 radical (unpaired) electrons. The molecular weight excluding hydrogens is 199 g/mol. The largest absolute Gasteiger partial charge is 0.444 e. The zero-order chi connectivity index (χ0) is 11.5. The summed E-state index contributed by atoms with van der Waals surface area (Å²) in [4.78, 5) is 14.6. The molecule has 0 bridgehead atoms. The average molecular weight is 212 g/mol. The van der Waals surface area contributed by atoms with Crippen molar-refractivity contribution in [1.82, 2.24) is 4.98 Å². The first-order valence-corrected chi connectivity index (χ1v) is 4.48. The van der Waals surface area contributed by atoms with Crippen molar-refractivity contribution < 1.29 is 13.9 Å². The molecule has 1 aromatic heterocycles. The molecule has 15 heavy (non-hydrogen) atoms. The molecule has 82 valence electrons. The molecule has 0 aliphatic carbocycles. The van der Waals surface area contributed by atoms with Gasteiger partial charge in [0.2, 0.25) is 5.95 Å². The van der Waals surface area contributed by atoms with Crippen LogP contribution < -0.4 is 5.32 Å². The Bertz CT molecular complexity index is 343. The van der Waals surface area contributed by atoms with Gasteiger partial charge in [0.05, 0.1) is 11.9 Å². The molecule has 4 nitrogen and oxygen atoms in total. The SMILES string of the molecule is CC(C)(C)OC(=O)Nc1ccc(F)nc1. The smallest absolute Gasteiger partial charge is 0.412 e. The summed E-state index contributed by atoms with van der Waals surface area (Å²) in [5.41, 5.74) is -0.164. The first kappa shape index (κ1) is 11.4. The van der Waals surface area contributed by atoms with Gasteiger partial charge in [-0.15, -0.1) is 0 Å². The molecule has 0 aliphatic heterocycles. The van der Waals surface area contributed by atoms with Crippen molar-refractivity contribution in [2.45, 2.75) is 26.4 Å². The van der Waals surface area contributed by atoms with Crippen LogP contribution in [0.4, 0.5) is 14.9 Å². The minimum atomic E-state index is -0.593. The monoisotopic (exact) mass is 212 g/mol. The lowest BCUT2D eigenvalue weighted by Crippen LogP contribution is -2.27. The lowest BCUT2D eigenvalue weighted by Gasteiger charge is -2.19. The first-order chi connectivity index (χ1) is 6.87. The molecule has 1 aromatic rings. The molecule has 0 saturated heterocycles. The summed E-state index contributed by atoms with van der Waals surface area (Å²) in [6.07, 6.45) is 0.634. The number of nitrogens with one attached hydrogen (secondary N) is 1. The van der Waals surface area contributed by atoms with Crippen LogP contribution in [0.1, 0.15) is 20.8 Å². The molecule has 0 unspecified atom stereocenters. The lowest BCUT2D eigenvalue weighted by molar-refractivity contribution is 0.0636. The van der Waals surface area contributed by atoms with Gasteiger partial charge in [-0.25, -0.2) is 9.78 Å². The van der Waals surface area contributed by atoms with E-state index in [0.717, 1.165) is 6.07 Å². The van der Waals surface area contributed by atoms with Gasteiger partial charge in [-0.05, 0) is 32.9 Å². The van der Waals surface area contributed by atoms with E-state index in [1.165, 1.54) is 12.3 Å². The van der Waals surface area contributed by atoms with E-state index in [1.54, 1.807) is 20.8 Å². The molecule has 0 spiro atoms. The van der Waals surface area contributed by atoms with Gasteiger partial charge in [0.25, 0.3) is 0 Å². The standard InChI is InChI=1S/C10H13FN2O2/c1-10(2,3)15-9(14)13-7-4-5-8(11)12-6-7/h4-6H,1-3H3,(H,13,14). The second kappa shape index (κ2) is 4.25. The fourth-order valence-electron chi connectivity index (χ4n) is 0.871. The van der Waals surface area contributed by atoms with Gasteiger partial charge < -0.3 is 4.74 Å². The topological polar surface area (TPSA) is 51.2 Å². The number of halogens is 1. The summed E-state index contributed by atoms with van der Waals surface area (Å²) < 4.78 is 17.4. The van der Waals surface area contributed by atoms with Crippen molar-refractivity contribution in [2.24, 2.45) is 0 Å². The fraction of sp³-hybridized carbons (Fsp3) is 0.400. The Labute approximate surface area is 87.5 Å². The van der Waals surface area contributed by atoms with Crippen molar-refractivity contribution in [3.63, 3.8) is 0 Å². The number of amides is 1. The summed E-state index contributed by atoms with van der Waals surface area (Å²) in [5.74, 6) is -0.593. The number of anilines is 1. The number of rotatable bonds is 1. The Morgan fingerprint density at radius 3 is 2.60 bits per heavy atom. The van der Waals surface area contributed by atoms with Crippen LogP contribution in [0.25, 0.3) is 0 Å². The van der Waals surface area contributed by atoms with Crippen LogP contribution >= 0.6 is 0 Å². The van der Waals surface area contributed by atoms with Crippen molar-refractivity contribution in [2.75, 3.05) is 5.32 Å². The number of hydrogen-bond donors (Lipinski definition) is 1. The maximum absolute atomic E-state index is 12.4. The highest BCUT2D eigenvalue weighted by molar-refractivity contribution is 5.84. The number of pyridine rings is 1. The van der Waals surface area contributed by atoms with Gasteiger partial charge >= 0.3 is 6.09 Å². The molecule has 1 amide bonds. The summed E-state index contributed by atoms with van der Waals surface area (Å²) in [5, 5.41) is 2.44. The van der Waals surface area contributed by atoms with Gasteiger partial charge in [0, 0.05) is 0 Å². The van der Waals surface area contributed by atoms with Crippen LogP contribution in [0.2, 0.25) is 0 Å². The van der Waals surface area contributed by atoms with Crippen molar-refractivity contribution >= 4 is 11.8 Å². The van der Waals surface area contributed by atoms with E-state index < -0.39 is 17.6 Å². The van der Waals surface area contributed by atoms with Crippen LogP contribution in [0, 0.1) is 5.95 Å². The van der Waals surface area contributed by atoms with Crippen molar-refractivity contribution in [3.8, 4) is 0 Å². The third kappa shape index (κ3) is 4.39. The molecule has 0 aromatic carbocycles. The van der Waals surface area contributed by atoms with E-state index >= 15 is 0 Å². The van der Waals surface area contributed by atoms with Crippen LogP contribution in [-0.4, -0.2) is 16.7 Å². The Balaban J connectivity index is 2.55. The molecule has 5 heteroatoms. The van der Waals surface area contributed by atoms with Gasteiger partial charge in [-0.1, -0.05) is 0 Å². The molecule has 0 saturated carbocycles. The van der Waals surface area contributed by atoms with E-state index in [2.05, 4.69) is 10.3 Å². The number of carbonyl (C=O) groups is 1. The second-order valence-corrected chi connectivity index (χ2v) is 4.00. The fourth-order valence-corrected chi connectivity index (χ4v) is 0.871. The summed E-state index contributed by atoms with van der Waals surface area (Å²) in [6, 6.07) is 2.57. The zero-order valence-electron chi connectivity index (χ0n) is 8.87. The molecular formula is C10H13FN2O2. The summed E-state index contributed by atoms with van der Waals surface area (Å²) >= 11 is 0. The van der Waals surface area contributed by atoms with E-state index in [1.807, 2.05) is 0 Å². The van der Waals surface area contributed by atoms with E-state index in [0.29, 0.717) is 5.69 Å². The van der Waals surface area contributed by atoms with Gasteiger partial charge in [-0.2, -0.15) is 4.39 Å². The van der Waals surface area contributed by atoms with Gasteiger partial charge in [-0.3, -0.25) is 5.32 Å². The molecule has 0 fully saturated rings. The number of aromatic nitrogens is 1. The average Bonchev–Trinajstić information content (AvgIpc) is 2.05. The van der Waals surface area contributed by atoms with E-state index in [9.17, 15) is 9.18 Å². The minimum absolute atomic E-state index is 0.394. The van der Waals surface area contributed by atoms with Crippen LogP contribution in [-0.2, 0) is 4.74 Å².